The Bertz CT molecular complexity index is 613. The molecule has 0 radical (unpaired) electrons. The van der Waals surface area contributed by atoms with Crippen LogP contribution in [0.1, 0.15) is 29.0 Å². The highest BCUT2D eigenvalue weighted by Crippen LogP contribution is 2.17. The number of nitrogen functional groups attached to an aromatic ring is 1. The summed E-state index contributed by atoms with van der Waals surface area (Å²) in [5, 5.41) is 2.89. The SMILES string of the molecule is COc1ccc(C(C)NC(=O)c2cccc(NN)n2)cc1. The zero-order valence-electron chi connectivity index (χ0n) is 12.0. The summed E-state index contributed by atoms with van der Waals surface area (Å²) in [4.78, 5) is 16.2. The lowest BCUT2D eigenvalue weighted by Gasteiger charge is -2.14. The number of nitrogens with one attached hydrogen (secondary N) is 2. The van der Waals surface area contributed by atoms with Gasteiger partial charge in [0.15, 0.2) is 0 Å². The van der Waals surface area contributed by atoms with Gasteiger partial charge in [0.2, 0.25) is 0 Å². The van der Waals surface area contributed by atoms with Crippen molar-refractivity contribution < 1.29 is 9.53 Å². The molecule has 21 heavy (non-hydrogen) atoms. The fourth-order valence-corrected chi connectivity index (χ4v) is 1.89. The van der Waals surface area contributed by atoms with Crippen LogP contribution in [0, 0.1) is 0 Å². The minimum absolute atomic E-state index is 0.139. The van der Waals surface area contributed by atoms with Gasteiger partial charge in [-0.15, -0.1) is 0 Å². The number of ether oxygens (including phenoxy) is 1. The van der Waals surface area contributed by atoms with E-state index in [2.05, 4.69) is 15.7 Å². The zero-order chi connectivity index (χ0) is 15.2. The summed E-state index contributed by atoms with van der Waals surface area (Å²) in [5.41, 5.74) is 3.71. The quantitative estimate of drug-likeness (QED) is 0.576. The summed E-state index contributed by atoms with van der Waals surface area (Å²) < 4.78 is 5.11. The molecule has 4 N–H and O–H groups in total. The second kappa shape index (κ2) is 6.71. The number of amides is 1. The molecule has 2 rings (SSSR count). The van der Waals surface area contributed by atoms with Crippen LogP contribution in [0.15, 0.2) is 42.5 Å². The molecule has 0 aliphatic rings. The lowest BCUT2D eigenvalue weighted by atomic mass is 10.1. The lowest BCUT2D eigenvalue weighted by molar-refractivity contribution is 0.0935. The molecular formula is C15H18N4O2. The van der Waals surface area contributed by atoms with Crippen molar-refractivity contribution in [2.24, 2.45) is 5.84 Å². The summed E-state index contributed by atoms with van der Waals surface area (Å²) in [5.74, 6) is 6.25. The van der Waals surface area contributed by atoms with Gasteiger partial charge in [-0.25, -0.2) is 10.8 Å². The molecule has 2 aromatic rings. The van der Waals surface area contributed by atoms with Gasteiger partial charge in [0.05, 0.1) is 13.2 Å². The Labute approximate surface area is 123 Å². The van der Waals surface area contributed by atoms with E-state index in [0.717, 1.165) is 11.3 Å². The van der Waals surface area contributed by atoms with Gasteiger partial charge >= 0.3 is 0 Å². The number of carbonyl (C=O) groups excluding carboxylic acids is 1. The molecule has 1 aromatic carbocycles. The maximum absolute atomic E-state index is 12.2. The molecule has 1 unspecified atom stereocenters. The van der Waals surface area contributed by atoms with Crippen LogP contribution >= 0.6 is 0 Å². The van der Waals surface area contributed by atoms with Gasteiger partial charge in [-0.2, -0.15) is 0 Å². The maximum atomic E-state index is 12.2. The van der Waals surface area contributed by atoms with E-state index in [0.29, 0.717) is 11.5 Å². The van der Waals surface area contributed by atoms with Crippen LogP contribution in [-0.2, 0) is 0 Å². The van der Waals surface area contributed by atoms with Crippen molar-refractivity contribution in [1.29, 1.82) is 0 Å². The highest BCUT2D eigenvalue weighted by molar-refractivity contribution is 5.92. The second-order valence-electron chi connectivity index (χ2n) is 4.52. The molecule has 1 aromatic heterocycles. The third-order valence-corrected chi connectivity index (χ3v) is 3.09. The van der Waals surface area contributed by atoms with Crippen LogP contribution in [0.4, 0.5) is 5.82 Å². The largest absolute Gasteiger partial charge is 0.497 e. The van der Waals surface area contributed by atoms with E-state index in [4.69, 9.17) is 10.6 Å². The standard InChI is InChI=1S/C15H18N4O2/c1-10(11-6-8-12(21-2)9-7-11)17-15(20)13-4-3-5-14(18-13)19-16/h3-10H,16H2,1-2H3,(H,17,20)(H,18,19). The van der Waals surface area contributed by atoms with Gasteiger partial charge in [0.25, 0.3) is 5.91 Å². The van der Waals surface area contributed by atoms with Gasteiger partial charge in [0, 0.05) is 0 Å². The Kier molecular flexibility index (Phi) is 4.73. The lowest BCUT2D eigenvalue weighted by Crippen LogP contribution is -2.27. The first-order chi connectivity index (χ1) is 10.1. The number of methoxy groups -OCH3 is 1. The Hall–Kier alpha value is -2.60. The fourth-order valence-electron chi connectivity index (χ4n) is 1.89. The summed E-state index contributed by atoms with van der Waals surface area (Å²) in [6, 6.07) is 12.4. The summed E-state index contributed by atoms with van der Waals surface area (Å²) >= 11 is 0. The summed E-state index contributed by atoms with van der Waals surface area (Å²) in [6.07, 6.45) is 0. The van der Waals surface area contributed by atoms with Crippen LogP contribution in [0.25, 0.3) is 0 Å². The van der Waals surface area contributed by atoms with Crippen molar-refractivity contribution in [3.8, 4) is 5.75 Å². The highest BCUT2D eigenvalue weighted by Gasteiger charge is 2.13. The minimum Gasteiger partial charge on any atom is -0.497 e. The number of carbonyl (C=O) groups is 1. The Balaban J connectivity index is 2.06. The minimum atomic E-state index is -0.254. The van der Waals surface area contributed by atoms with Crippen molar-refractivity contribution >= 4 is 11.7 Å². The van der Waals surface area contributed by atoms with Crippen LogP contribution in [0.3, 0.4) is 0 Å². The van der Waals surface area contributed by atoms with Crippen LogP contribution in [0.5, 0.6) is 5.75 Å². The molecule has 0 saturated heterocycles. The van der Waals surface area contributed by atoms with Gasteiger partial charge in [-0.3, -0.25) is 4.79 Å². The molecule has 6 nitrogen and oxygen atoms in total. The fraction of sp³-hybridized carbons (Fsp3) is 0.200. The van der Waals surface area contributed by atoms with Crippen molar-refractivity contribution in [3.05, 3.63) is 53.7 Å². The number of aromatic nitrogens is 1. The van der Waals surface area contributed by atoms with Crippen LogP contribution < -0.4 is 21.3 Å². The zero-order valence-corrected chi connectivity index (χ0v) is 12.0. The molecule has 0 aliphatic heterocycles. The normalized spacial score (nSPS) is 11.6. The first-order valence-electron chi connectivity index (χ1n) is 6.52. The molecular weight excluding hydrogens is 268 g/mol. The van der Waals surface area contributed by atoms with Crippen molar-refractivity contribution in [3.63, 3.8) is 0 Å². The second-order valence-corrected chi connectivity index (χ2v) is 4.52. The van der Waals surface area contributed by atoms with E-state index in [9.17, 15) is 4.79 Å². The van der Waals surface area contributed by atoms with Crippen LogP contribution in [-0.4, -0.2) is 18.0 Å². The smallest absolute Gasteiger partial charge is 0.270 e. The number of benzene rings is 1. The van der Waals surface area contributed by atoms with Crippen LogP contribution in [0.2, 0.25) is 0 Å². The summed E-state index contributed by atoms with van der Waals surface area (Å²) in [6.45, 7) is 1.91. The molecule has 1 amide bonds. The van der Waals surface area contributed by atoms with Crippen molar-refractivity contribution in [1.82, 2.24) is 10.3 Å². The number of rotatable bonds is 5. The third kappa shape index (κ3) is 3.70. The third-order valence-electron chi connectivity index (χ3n) is 3.09. The summed E-state index contributed by atoms with van der Waals surface area (Å²) in [7, 11) is 1.62. The Morgan fingerprint density at radius 2 is 1.95 bits per heavy atom. The number of anilines is 1. The molecule has 0 bridgehead atoms. The Morgan fingerprint density at radius 1 is 1.24 bits per heavy atom. The monoisotopic (exact) mass is 286 g/mol. The van der Waals surface area contributed by atoms with E-state index in [-0.39, 0.29) is 11.9 Å². The maximum Gasteiger partial charge on any atom is 0.270 e. The number of pyridine rings is 1. The molecule has 6 heteroatoms. The number of nitrogens with zero attached hydrogens (tertiary/aromatic N) is 1. The molecule has 0 fully saturated rings. The topological polar surface area (TPSA) is 89.3 Å². The van der Waals surface area contributed by atoms with Crippen molar-refractivity contribution in [2.75, 3.05) is 12.5 Å². The van der Waals surface area contributed by atoms with E-state index in [1.165, 1.54) is 0 Å². The number of nitrogens with two attached hydrogens (primary N) is 1. The van der Waals surface area contributed by atoms with E-state index in [1.807, 2.05) is 31.2 Å². The van der Waals surface area contributed by atoms with E-state index >= 15 is 0 Å². The van der Waals surface area contributed by atoms with Gasteiger partial charge in [-0.05, 0) is 36.8 Å². The number of hydrogen-bond acceptors (Lipinski definition) is 5. The molecule has 1 atom stereocenters. The van der Waals surface area contributed by atoms with Gasteiger partial charge in [-0.1, -0.05) is 18.2 Å². The Morgan fingerprint density at radius 3 is 2.57 bits per heavy atom. The highest BCUT2D eigenvalue weighted by atomic mass is 16.5. The number of hydrogen-bond donors (Lipinski definition) is 3. The molecule has 1 heterocycles. The molecule has 0 saturated carbocycles. The van der Waals surface area contributed by atoms with Crippen molar-refractivity contribution in [2.45, 2.75) is 13.0 Å². The average Bonchev–Trinajstić information content (AvgIpc) is 2.54. The molecule has 0 aliphatic carbocycles. The predicted molar refractivity (Wildman–Crippen MR) is 80.9 cm³/mol. The predicted octanol–water partition coefficient (Wildman–Crippen LogP) is 1.87. The molecule has 110 valence electrons. The molecule has 0 spiro atoms. The first kappa shape index (κ1) is 14.8. The first-order valence-corrected chi connectivity index (χ1v) is 6.52. The van der Waals surface area contributed by atoms with E-state index < -0.39 is 0 Å². The average molecular weight is 286 g/mol. The van der Waals surface area contributed by atoms with Gasteiger partial charge < -0.3 is 15.5 Å². The van der Waals surface area contributed by atoms with Gasteiger partial charge in [0.1, 0.15) is 17.3 Å². The van der Waals surface area contributed by atoms with E-state index in [1.54, 1.807) is 25.3 Å². The number of hydrazine groups is 1.